The van der Waals surface area contributed by atoms with Gasteiger partial charge in [-0.3, -0.25) is 4.79 Å². The van der Waals surface area contributed by atoms with Crippen LogP contribution in [0.15, 0.2) is 24.0 Å². The minimum Gasteiger partial charge on any atom is -0.454 e. The van der Waals surface area contributed by atoms with Crippen LogP contribution < -0.4 is 9.47 Å². The van der Waals surface area contributed by atoms with Crippen molar-refractivity contribution in [3.8, 4) is 11.5 Å². The minimum atomic E-state index is -0.731. The third-order valence-electron chi connectivity index (χ3n) is 3.54. The van der Waals surface area contributed by atoms with Crippen molar-refractivity contribution in [2.75, 3.05) is 19.9 Å². The predicted molar refractivity (Wildman–Crippen MR) is 72.1 cm³/mol. The molecule has 0 saturated carbocycles. The van der Waals surface area contributed by atoms with Crippen LogP contribution in [-0.2, 0) is 4.79 Å². The van der Waals surface area contributed by atoms with Crippen molar-refractivity contribution in [1.29, 1.82) is 0 Å². The van der Waals surface area contributed by atoms with Crippen LogP contribution >= 0.6 is 0 Å². The fourth-order valence-electron chi connectivity index (χ4n) is 2.46. The van der Waals surface area contributed by atoms with Crippen LogP contribution in [0.25, 0.3) is 6.08 Å². The quantitative estimate of drug-likeness (QED) is 0.780. The number of ether oxygens (including phenoxy) is 2. The predicted octanol–water partition coefficient (Wildman–Crippen LogP) is 2.74. The summed E-state index contributed by atoms with van der Waals surface area (Å²) in [6.45, 7) is 1.46. The largest absolute Gasteiger partial charge is 0.454 e. The Kier molecular flexibility index (Phi) is 3.58. The monoisotopic (exact) mass is 277 g/mol. The molecule has 1 aromatic rings. The molecule has 1 saturated heterocycles. The third kappa shape index (κ3) is 2.61. The van der Waals surface area contributed by atoms with Crippen LogP contribution in [0.1, 0.15) is 24.8 Å². The van der Waals surface area contributed by atoms with E-state index >= 15 is 0 Å². The summed E-state index contributed by atoms with van der Waals surface area (Å²) < 4.78 is 24.4. The van der Waals surface area contributed by atoms with E-state index in [0.29, 0.717) is 30.2 Å². The summed E-state index contributed by atoms with van der Waals surface area (Å²) in [6.07, 6.45) is 4.25. The van der Waals surface area contributed by atoms with Crippen molar-refractivity contribution in [1.82, 2.24) is 4.90 Å². The zero-order valence-corrected chi connectivity index (χ0v) is 11.1. The average molecular weight is 277 g/mol. The van der Waals surface area contributed by atoms with Crippen LogP contribution in [0.4, 0.5) is 4.39 Å². The van der Waals surface area contributed by atoms with Crippen molar-refractivity contribution in [2.45, 2.75) is 19.3 Å². The minimum absolute atomic E-state index is 0.178. The van der Waals surface area contributed by atoms with Crippen LogP contribution in [0.2, 0.25) is 0 Å². The first-order valence-electron chi connectivity index (χ1n) is 6.80. The maximum atomic E-state index is 14.0. The number of fused-ring (bicyclic) bond motifs is 1. The van der Waals surface area contributed by atoms with E-state index in [-0.39, 0.29) is 6.79 Å². The summed E-state index contributed by atoms with van der Waals surface area (Å²) >= 11 is 0. The molecule has 0 aromatic heterocycles. The highest BCUT2D eigenvalue weighted by Crippen LogP contribution is 2.33. The molecule has 0 aliphatic carbocycles. The molecule has 0 bridgehead atoms. The van der Waals surface area contributed by atoms with Gasteiger partial charge < -0.3 is 14.4 Å². The fraction of sp³-hybridized carbons (Fsp3) is 0.400. The van der Waals surface area contributed by atoms with Crippen LogP contribution in [0.3, 0.4) is 0 Å². The van der Waals surface area contributed by atoms with E-state index in [9.17, 15) is 9.18 Å². The number of carbonyl (C=O) groups excluding carboxylic acids is 1. The van der Waals surface area contributed by atoms with E-state index in [1.54, 1.807) is 23.1 Å². The molecule has 1 fully saturated rings. The average Bonchev–Trinajstić information content (AvgIpc) is 2.95. The smallest absolute Gasteiger partial charge is 0.282 e. The molecule has 20 heavy (non-hydrogen) atoms. The van der Waals surface area contributed by atoms with Crippen molar-refractivity contribution >= 4 is 12.0 Å². The van der Waals surface area contributed by atoms with Gasteiger partial charge in [0.1, 0.15) is 0 Å². The van der Waals surface area contributed by atoms with Gasteiger partial charge in [-0.05, 0) is 43.0 Å². The first-order valence-corrected chi connectivity index (χ1v) is 6.80. The van der Waals surface area contributed by atoms with Crippen molar-refractivity contribution in [3.63, 3.8) is 0 Å². The normalized spacial score (nSPS) is 18.2. The van der Waals surface area contributed by atoms with Gasteiger partial charge in [0.25, 0.3) is 5.91 Å². The molecule has 0 radical (unpaired) electrons. The number of carbonyl (C=O) groups is 1. The first kappa shape index (κ1) is 13.0. The number of piperidine rings is 1. The lowest BCUT2D eigenvalue weighted by atomic mass is 10.1. The molecule has 0 N–H and O–H groups in total. The molecule has 0 spiro atoms. The van der Waals surface area contributed by atoms with E-state index in [1.807, 2.05) is 0 Å². The van der Waals surface area contributed by atoms with Gasteiger partial charge in [-0.15, -0.1) is 0 Å². The second kappa shape index (κ2) is 5.53. The van der Waals surface area contributed by atoms with Crippen LogP contribution in [-0.4, -0.2) is 30.7 Å². The topological polar surface area (TPSA) is 38.8 Å². The Morgan fingerprint density at radius 1 is 1.15 bits per heavy atom. The highest BCUT2D eigenvalue weighted by atomic mass is 19.1. The molecule has 0 atom stereocenters. The summed E-state index contributed by atoms with van der Waals surface area (Å²) in [6, 6.07) is 5.09. The molecule has 2 heterocycles. The number of nitrogens with zero attached hydrogens (tertiary/aromatic N) is 1. The molecular weight excluding hydrogens is 261 g/mol. The number of halogens is 1. The molecule has 4 nitrogen and oxygen atoms in total. The Labute approximate surface area is 116 Å². The summed E-state index contributed by atoms with van der Waals surface area (Å²) in [5.41, 5.74) is 0.595. The van der Waals surface area contributed by atoms with Crippen LogP contribution in [0, 0.1) is 0 Å². The van der Waals surface area contributed by atoms with Gasteiger partial charge in [0.15, 0.2) is 17.3 Å². The Balaban J connectivity index is 1.75. The van der Waals surface area contributed by atoms with E-state index < -0.39 is 11.7 Å². The van der Waals surface area contributed by atoms with Gasteiger partial charge in [-0.1, -0.05) is 6.07 Å². The number of likely N-dealkylation sites (tertiary alicyclic amines) is 1. The molecule has 3 rings (SSSR count). The second-order valence-corrected chi connectivity index (χ2v) is 4.96. The summed E-state index contributed by atoms with van der Waals surface area (Å²) in [5, 5.41) is 0. The zero-order chi connectivity index (χ0) is 13.9. The molecule has 5 heteroatoms. The number of benzene rings is 1. The van der Waals surface area contributed by atoms with E-state index in [1.165, 1.54) is 6.08 Å². The summed E-state index contributed by atoms with van der Waals surface area (Å²) in [5.74, 6) is -0.0324. The lowest BCUT2D eigenvalue weighted by Gasteiger charge is -2.25. The Bertz CT molecular complexity index is 550. The van der Waals surface area contributed by atoms with Gasteiger partial charge in [0.05, 0.1) is 0 Å². The van der Waals surface area contributed by atoms with Crippen molar-refractivity contribution in [2.24, 2.45) is 0 Å². The van der Waals surface area contributed by atoms with Crippen molar-refractivity contribution in [3.05, 3.63) is 29.6 Å². The Morgan fingerprint density at radius 3 is 2.70 bits per heavy atom. The number of amides is 1. The maximum Gasteiger partial charge on any atom is 0.282 e. The Hall–Kier alpha value is -2.04. The molecule has 1 amide bonds. The van der Waals surface area contributed by atoms with Gasteiger partial charge in [0, 0.05) is 13.1 Å². The standard InChI is InChI=1S/C15H16FNO3/c16-12(15(18)17-6-2-1-3-7-17)8-11-4-5-13-14(9-11)20-10-19-13/h4-5,8-9H,1-3,6-7,10H2/b12-8-. The Morgan fingerprint density at radius 2 is 1.90 bits per heavy atom. The first-order chi connectivity index (χ1) is 9.74. The highest BCUT2D eigenvalue weighted by Gasteiger charge is 2.20. The lowest BCUT2D eigenvalue weighted by Crippen LogP contribution is -2.35. The van der Waals surface area contributed by atoms with Crippen LogP contribution in [0.5, 0.6) is 11.5 Å². The molecule has 2 aliphatic heterocycles. The number of rotatable bonds is 2. The molecule has 1 aromatic carbocycles. The van der Waals surface area contributed by atoms with Crippen molar-refractivity contribution < 1.29 is 18.7 Å². The van der Waals surface area contributed by atoms with Gasteiger partial charge >= 0.3 is 0 Å². The molecule has 2 aliphatic rings. The van der Waals surface area contributed by atoms with Gasteiger partial charge in [-0.2, -0.15) is 0 Å². The molecule has 0 unspecified atom stereocenters. The van der Waals surface area contributed by atoms with E-state index in [4.69, 9.17) is 9.47 Å². The summed E-state index contributed by atoms with van der Waals surface area (Å²) in [7, 11) is 0. The lowest BCUT2D eigenvalue weighted by molar-refractivity contribution is -0.129. The van der Waals surface area contributed by atoms with E-state index in [2.05, 4.69) is 0 Å². The number of hydrogen-bond acceptors (Lipinski definition) is 3. The second-order valence-electron chi connectivity index (χ2n) is 4.96. The molecular formula is C15H16FNO3. The third-order valence-corrected chi connectivity index (χ3v) is 3.54. The summed E-state index contributed by atoms with van der Waals surface area (Å²) in [4.78, 5) is 13.5. The molecule has 106 valence electrons. The van der Waals surface area contributed by atoms with Gasteiger partial charge in [0.2, 0.25) is 6.79 Å². The number of hydrogen-bond donors (Lipinski definition) is 0. The zero-order valence-electron chi connectivity index (χ0n) is 11.1. The van der Waals surface area contributed by atoms with E-state index in [0.717, 1.165) is 19.3 Å². The van der Waals surface area contributed by atoms with Gasteiger partial charge in [-0.25, -0.2) is 4.39 Å². The maximum absolute atomic E-state index is 14.0. The fourth-order valence-corrected chi connectivity index (χ4v) is 2.46. The highest BCUT2D eigenvalue weighted by molar-refractivity contribution is 5.95. The SMILES string of the molecule is O=C(/C(F)=C/c1ccc2c(c1)OCO2)N1CCCCC1.